The molecule has 9 nitrogen and oxygen atoms in total. The first-order valence-electron chi connectivity index (χ1n) is 10.7. The van der Waals surface area contributed by atoms with Gasteiger partial charge in [-0.15, -0.1) is 11.3 Å². The first-order chi connectivity index (χ1) is 16.9. The minimum absolute atomic E-state index is 0.294. The highest BCUT2D eigenvalue weighted by Crippen LogP contribution is 2.32. The van der Waals surface area contributed by atoms with E-state index in [1.165, 1.54) is 33.7 Å². The van der Waals surface area contributed by atoms with Gasteiger partial charge >= 0.3 is 0 Å². The van der Waals surface area contributed by atoms with E-state index in [-0.39, 0.29) is 0 Å². The maximum atomic E-state index is 12.9. The summed E-state index contributed by atoms with van der Waals surface area (Å²) in [6.07, 6.45) is 4.41. The molecule has 190 valence electrons. The van der Waals surface area contributed by atoms with Crippen LogP contribution in [0.2, 0.25) is 4.34 Å². The number of thiophene rings is 1. The normalized spacial score (nSPS) is 16.7. The van der Waals surface area contributed by atoms with Gasteiger partial charge in [-0.05, 0) is 42.8 Å². The largest absolute Gasteiger partial charge is 0.295 e. The van der Waals surface area contributed by atoms with Crippen LogP contribution in [0, 0.1) is 0 Å². The second kappa shape index (κ2) is 10.3. The Balaban J connectivity index is 1.48. The van der Waals surface area contributed by atoms with Gasteiger partial charge in [0.2, 0.25) is 26.0 Å². The van der Waals surface area contributed by atoms with Gasteiger partial charge in [-0.1, -0.05) is 29.8 Å². The Morgan fingerprint density at radius 3 is 2.53 bits per heavy atom. The summed E-state index contributed by atoms with van der Waals surface area (Å²) in [7, 11) is -5.83. The summed E-state index contributed by atoms with van der Waals surface area (Å²) in [6.45, 7) is 0.302. The highest BCUT2D eigenvalue weighted by Gasteiger charge is 2.35. The van der Waals surface area contributed by atoms with E-state index >= 15 is 0 Å². The molecule has 3 heterocycles. The van der Waals surface area contributed by atoms with Crippen molar-refractivity contribution in [3.05, 3.63) is 69.3 Å². The topological polar surface area (TPSA) is 117 Å². The average molecular weight is 567 g/mol. The monoisotopic (exact) mass is 566 g/mol. The van der Waals surface area contributed by atoms with E-state index < -0.39 is 32.0 Å². The number of amides is 1. The first kappa shape index (κ1) is 26.3. The van der Waals surface area contributed by atoms with Gasteiger partial charge in [0.1, 0.15) is 11.9 Å². The molecule has 13 heteroatoms. The third-order valence-electron chi connectivity index (χ3n) is 5.59. The number of carbonyl (C=O) groups is 1. The van der Waals surface area contributed by atoms with Crippen molar-refractivity contribution in [1.29, 1.82) is 0 Å². The van der Waals surface area contributed by atoms with Crippen molar-refractivity contribution in [2.75, 3.05) is 29.1 Å². The third-order valence-corrected chi connectivity index (χ3v) is 9.09. The highest BCUT2D eigenvalue weighted by molar-refractivity contribution is 7.92. The highest BCUT2D eigenvalue weighted by atomic mass is 35.5. The number of aromatic nitrogens is 1. The molecule has 4 rings (SSSR count). The van der Waals surface area contributed by atoms with E-state index in [9.17, 15) is 21.6 Å². The molecule has 0 spiro atoms. The Bertz CT molecular complexity index is 1520. The Morgan fingerprint density at radius 1 is 1.14 bits per heavy atom. The molecule has 0 unspecified atom stereocenters. The molecule has 36 heavy (non-hydrogen) atoms. The summed E-state index contributed by atoms with van der Waals surface area (Å²) < 4.78 is 53.1. The number of halogens is 1. The Kier molecular flexibility index (Phi) is 7.53. The van der Waals surface area contributed by atoms with Crippen LogP contribution in [0.3, 0.4) is 0 Å². The quantitative estimate of drug-likeness (QED) is 0.445. The maximum absolute atomic E-state index is 12.9. The number of hydrogen-bond donors (Lipinski definition) is 1. The third kappa shape index (κ3) is 5.95. The van der Waals surface area contributed by atoms with Gasteiger partial charge in [-0.2, -0.15) is 4.72 Å². The van der Waals surface area contributed by atoms with Crippen LogP contribution in [0.25, 0.3) is 17.2 Å². The molecule has 2 aromatic heterocycles. The van der Waals surface area contributed by atoms with Gasteiger partial charge < -0.3 is 0 Å². The lowest BCUT2D eigenvalue weighted by Gasteiger charge is -2.21. The first-order valence-corrected chi connectivity index (χ1v) is 15.3. The van der Waals surface area contributed by atoms with Crippen LogP contribution in [0.1, 0.15) is 11.3 Å². The zero-order valence-corrected chi connectivity index (χ0v) is 22.5. The molecule has 0 aliphatic carbocycles. The molecule has 0 bridgehead atoms. The number of nitrogens with zero attached hydrogens (tertiary/aromatic N) is 3. The maximum Gasteiger partial charge on any atom is 0.246 e. The van der Waals surface area contributed by atoms with Gasteiger partial charge in [0.15, 0.2) is 0 Å². The van der Waals surface area contributed by atoms with Crippen molar-refractivity contribution in [3.8, 4) is 11.1 Å². The van der Waals surface area contributed by atoms with Crippen molar-refractivity contribution < 1.29 is 21.6 Å². The van der Waals surface area contributed by atoms with Crippen molar-refractivity contribution in [2.45, 2.75) is 12.5 Å². The van der Waals surface area contributed by atoms with Crippen molar-refractivity contribution in [3.63, 3.8) is 0 Å². The van der Waals surface area contributed by atoms with Crippen LogP contribution in [0.5, 0.6) is 0 Å². The lowest BCUT2D eigenvalue weighted by atomic mass is 10.1. The summed E-state index contributed by atoms with van der Waals surface area (Å²) in [5, 5.41) is 1.02. The van der Waals surface area contributed by atoms with E-state index in [2.05, 4.69) is 9.71 Å². The molecular weight excluding hydrogens is 544 g/mol. The zero-order valence-electron chi connectivity index (χ0n) is 19.3. The second-order valence-corrected chi connectivity index (χ2v) is 13.4. The summed E-state index contributed by atoms with van der Waals surface area (Å²) in [4.78, 5) is 19.4. The number of benzene rings is 1. The molecule has 1 amide bonds. The molecule has 1 aliphatic heterocycles. The molecule has 3 aromatic rings. The van der Waals surface area contributed by atoms with E-state index in [1.54, 1.807) is 54.7 Å². The van der Waals surface area contributed by atoms with Gasteiger partial charge in [0, 0.05) is 41.2 Å². The summed E-state index contributed by atoms with van der Waals surface area (Å²) in [6, 6.07) is 12.9. The molecule has 0 radical (unpaired) electrons. The molecule has 1 aromatic carbocycles. The van der Waals surface area contributed by atoms with E-state index in [0.29, 0.717) is 44.8 Å². The van der Waals surface area contributed by atoms with Crippen LogP contribution in [-0.4, -0.2) is 53.6 Å². The van der Waals surface area contributed by atoms with Gasteiger partial charge in [-0.25, -0.2) is 21.8 Å². The van der Waals surface area contributed by atoms with Crippen LogP contribution in [0.15, 0.2) is 60.1 Å². The Labute approximate surface area is 219 Å². The number of nitrogens with one attached hydrogen (secondary N) is 1. The number of para-hydroxylation sites is 1. The minimum Gasteiger partial charge on any atom is -0.295 e. The second-order valence-electron chi connectivity index (χ2n) is 8.09. The smallest absolute Gasteiger partial charge is 0.246 e. The van der Waals surface area contributed by atoms with Crippen molar-refractivity contribution in [1.82, 2.24) is 9.71 Å². The van der Waals surface area contributed by atoms with Gasteiger partial charge in [-0.3, -0.25) is 14.0 Å². The fraction of sp³-hybridized carbons (Fsp3) is 0.217. The average Bonchev–Trinajstić information content (AvgIpc) is 3.42. The molecule has 1 N–H and O–H groups in total. The number of rotatable bonds is 8. The number of sulfonamides is 2. The predicted octanol–water partition coefficient (Wildman–Crippen LogP) is 3.55. The summed E-state index contributed by atoms with van der Waals surface area (Å²) in [5.74, 6) is -0.0215. The predicted molar refractivity (Wildman–Crippen MR) is 144 cm³/mol. The fourth-order valence-corrected chi connectivity index (χ4v) is 6.29. The van der Waals surface area contributed by atoms with Gasteiger partial charge in [0.25, 0.3) is 0 Å². The number of hydrogen-bond acceptors (Lipinski definition) is 7. The molecule has 0 saturated carbocycles. The minimum atomic E-state index is -3.85. The molecule has 1 aliphatic rings. The van der Waals surface area contributed by atoms with Crippen LogP contribution in [-0.2, 0) is 24.8 Å². The SMILES string of the molecule is CN(c1ccccc1-c1ccc(N2CC[C@H](NS(=O)(=O)/C=C/c3ccc(Cl)s3)C2=O)nc1)S(C)(=O)=O. The van der Waals surface area contributed by atoms with E-state index in [0.717, 1.165) is 11.7 Å². The van der Waals surface area contributed by atoms with Crippen molar-refractivity contribution in [2.24, 2.45) is 0 Å². The number of anilines is 2. The summed E-state index contributed by atoms with van der Waals surface area (Å²) in [5.41, 5.74) is 1.84. The van der Waals surface area contributed by atoms with Crippen LogP contribution in [0.4, 0.5) is 11.5 Å². The van der Waals surface area contributed by atoms with E-state index in [1.807, 2.05) is 0 Å². The van der Waals surface area contributed by atoms with E-state index in [4.69, 9.17) is 11.6 Å². The Morgan fingerprint density at radius 2 is 1.89 bits per heavy atom. The Hall–Kier alpha value is -2.77. The molecule has 1 atom stereocenters. The summed E-state index contributed by atoms with van der Waals surface area (Å²) >= 11 is 7.11. The number of carbonyl (C=O) groups excluding carboxylic acids is 1. The van der Waals surface area contributed by atoms with Crippen LogP contribution >= 0.6 is 22.9 Å². The standard InChI is InChI=1S/C23H23ClN4O5S3/c1-27(35(2,30)31)20-6-4-3-5-18(20)16-7-10-22(25-15-16)28-13-11-19(23(28)29)26-36(32,33)14-12-17-8-9-21(24)34-17/h3-10,12,14-15,19,26H,11,13H2,1-2H3/b14-12+/t19-/m0/s1. The zero-order chi connectivity index (χ0) is 26.1. The molecule has 1 saturated heterocycles. The fourth-order valence-electron chi connectivity index (χ4n) is 3.70. The van der Waals surface area contributed by atoms with Gasteiger partial charge in [0.05, 0.1) is 16.3 Å². The van der Waals surface area contributed by atoms with Crippen molar-refractivity contribution >= 4 is 66.5 Å². The molecule has 1 fully saturated rings. The lowest BCUT2D eigenvalue weighted by molar-refractivity contribution is -0.118. The van der Waals surface area contributed by atoms with Crippen LogP contribution < -0.4 is 13.9 Å². The molecular formula is C23H23ClN4O5S3. The lowest BCUT2D eigenvalue weighted by Crippen LogP contribution is -2.40. The number of pyridine rings is 1.